The predicted molar refractivity (Wildman–Crippen MR) is 121 cm³/mol. The van der Waals surface area contributed by atoms with E-state index in [0.29, 0.717) is 12.3 Å². The highest BCUT2D eigenvalue weighted by molar-refractivity contribution is 7.98. The van der Waals surface area contributed by atoms with Crippen molar-refractivity contribution in [3.8, 4) is 27.0 Å². The zero-order chi connectivity index (χ0) is 20.9. The van der Waals surface area contributed by atoms with Crippen molar-refractivity contribution in [2.75, 3.05) is 7.11 Å². The van der Waals surface area contributed by atoms with E-state index >= 15 is 0 Å². The second-order valence-electron chi connectivity index (χ2n) is 6.32. The van der Waals surface area contributed by atoms with E-state index in [0.717, 1.165) is 37.9 Å². The SMILES string of the molecule is COc1cccc(-c2nc(CSc3nnc(-c4cccs4)n3CCC(N)=O)cs2)c1. The number of nitrogens with zero attached hydrogens (tertiary/aromatic N) is 4. The van der Waals surface area contributed by atoms with E-state index in [9.17, 15) is 4.79 Å². The lowest BCUT2D eigenvalue weighted by Gasteiger charge is -2.07. The van der Waals surface area contributed by atoms with Gasteiger partial charge in [-0.15, -0.1) is 32.9 Å². The third-order valence-corrected chi connectivity index (χ3v) is 7.06. The van der Waals surface area contributed by atoms with Gasteiger partial charge in [0.2, 0.25) is 5.91 Å². The van der Waals surface area contributed by atoms with E-state index in [2.05, 4.69) is 10.2 Å². The Hall–Kier alpha value is -2.69. The molecule has 0 aliphatic rings. The van der Waals surface area contributed by atoms with Crippen LogP contribution in [0.25, 0.3) is 21.3 Å². The van der Waals surface area contributed by atoms with Crippen molar-refractivity contribution in [3.05, 3.63) is 52.9 Å². The van der Waals surface area contributed by atoms with Gasteiger partial charge in [0.1, 0.15) is 10.8 Å². The summed E-state index contributed by atoms with van der Waals surface area (Å²) in [6.45, 7) is 0.448. The number of nitrogens with two attached hydrogens (primary N) is 1. The number of ether oxygens (including phenoxy) is 1. The van der Waals surface area contributed by atoms with E-state index in [1.807, 2.05) is 51.7 Å². The number of methoxy groups -OCH3 is 1. The molecular formula is C20H19N5O2S3. The minimum atomic E-state index is -0.348. The van der Waals surface area contributed by atoms with Crippen LogP contribution in [0.4, 0.5) is 0 Å². The van der Waals surface area contributed by atoms with Crippen LogP contribution in [0.3, 0.4) is 0 Å². The monoisotopic (exact) mass is 457 g/mol. The van der Waals surface area contributed by atoms with Crippen LogP contribution < -0.4 is 10.5 Å². The fourth-order valence-electron chi connectivity index (χ4n) is 2.81. The summed E-state index contributed by atoms with van der Waals surface area (Å²) in [6.07, 6.45) is 0.237. The maximum absolute atomic E-state index is 11.3. The number of hydrogen-bond acceptors (Lipinski definition) is 8. The Morgan fingerprint density at radius 2 is 2.13 bits per heavy atom. The molecule has 2 N–H and O–H groups in total. The Labute approximate surface area is 185 Å². The topological polar surface area (TPSA) is 95.9 Å². The van der Waals surface area contributed by atoms with Gasteiger partial charge in [0.05, 0.1) is 17.7 Å². The molecule has 7 nitrogen and oxygen atoms in total. The Morgan fingerprint density at radius 3 is 2.90 bits per heavy atom. The molecule has 1 amide bonds. The third-order valence-electron chi connectivity index (χ3n) is 4.26. The first kappa shape index (κ1) is 20.6. The van der Waals surface area contributed by atoms with Gasteiger partial charge in [-0.2, -0.15) is 0 Å². The summed E-state index contributed by atoms with van der Waals surface area (Å²) in [5, 5.41) is 14.4. The van der Waals surface area contributed by atoms with Gasteiger partial charge in [0.15, 0.2) is 11.0 Å². The first-order chi connectivity index (χ1) is 14.6. The molecule has 154 valence electrons. The molecule has 0 fully saturated rings. The van der Waals surface area contributed by atoms with Crippen LogP contribution in [0.2, 0.25) is 0 Å². The molecule has 3 aromatic heterocycles. The molecule has 4 aromatic rings. The number of rotatable bonds is 9. The van der Waals surface area contributed by atoms with Crippen LogP contribution in [0.15, 0.2) is 52.3 Å². The highest BCUT2D eigenvalue weighted by Crippen LogP contribution is 2.31. The number of carbonyl (C=O) groups is 1. The molecule has 0 aliphatic carbocycles. The second-order valence-corrected chi connectivity index (χ2v) is 9.06. The molecular weight excluding hydrogens is 438 g/mol. The number of carbonyl (C=O) groups excluding carboxylic acids is 1. The lowest BCUT2D eigenvalue weighted by molar-refractivity contribution is -0.118. The van der Waals surface area contributed by atoms with Gasteiger partial charge in [-0.1, -0.05) is 30.0 Å². The van der Waals surface area contributed by atoms with Crippen molar-refractivity contribution in [2.24, 2.45) is 5.73 Å². The Kier molecular flexibility index (Phi) is 6.46. The van der Waals surface area contributed by atoms with Crippen LogP contribution >= 0.6 is 34.4 Å². The molecule has 0 saturated carbocycles. The van der Waals surface area contributed by atoms with Crippen LogP contribution in [0.5, 0.6) is 5.75 Å². The number of primary amides is 1. The molecule has 0 radical (unpaired) electrons. The summed E-state index contributed by atoms with van der Waals surface area (Å²) in [4.78, 5) is 17.1. The van der Waals surface area contributed by atoms with Crippen molar-refractivity contribution in [1.82, 2.24) is 19.7 Å². The third kappa shape index (κ3) is 4.72. The summed E-state index contributed by atoms with van der Waals surface area (Å²) in [6, 6.07) is 11.8. The molecule has 1 aromatic carbocycles. The van der Waals surface area contributed by atoms with Crippen molar-refractivity contribution in [3.63, 3.8) is 0 Å². The molecule has 30 heavy (non-hydrogen) atoms. The molecule has 3 heterocycles. The smallest absolute Gasteiger partial charge is 0.219 e. The summed E-state index contributed by atoms with van der Waals surface area (Å²) in [5.74, 6) is 1.87. The molecule has 0 saturated heterocycles. The van der Waals surface area contributed by atoms with Gasteiger partial charge in [-0.3, -0.25) is 4.79 Å². The predicted octanol–water partition coefficient (Wildman–Crippen LogP) is 4.31. The van der Waals surface area contributed by atoms with E-state index in [1.54, 1.807) is 41.5 Å². The molecule has 0 atom stereocenters. The quantitative estimate of drug-likeness (QED) is 0.376. The Morgan fingerprint density at radius 1 is 1.23 bits per heavy atom. The summed E-state index contributed by atoms with van der Waals surface area (Å²) < 4.78 is 7.25. The minimum absolute atomic E-state index is 0.237. The molecule has 0 bridgehead atoms. The Bertz CT molecular complexity index is 1140. The average Bonchev–Trinajstić information content (AvgIpc) is 3.51. The number of thiophene rings is 1. The molecule has 4 rings (SSSR count). The molecule has 0 unspecified atom stereocenters. The number of thiazole rings is 1. The zero-order valence-corrected chi connectivity index (χ0v) is 18.6. The van der Waals surface area contributed by atoms with Crippen LogP contribution in [0.1, 0.15) is 12.1 Å². The number of aromatic nitrogens is 4. The van der Waals surface area contributed by atoms with Gasteiger partial charge in [-0.05, 0) is 23.6 Å². The normalized spacial score (nSPS) is 11.0. The van der Waals surface area contributed by atoms with Crippen molar-refractivity contribution in [2.45, 2.75) is 23.9 Å². The lowest BCUT2D eigenvalue weighted by Crippen LogP contribution is -2.14. The van der Waals surface area contributed by atoms with Crippen molar-refractivity contribution < 1.29 is 9.53 Å². The highest BCUT2D eigenvalue weighted by Gasteiger charge is 2.16. The van der Waals surface area contributed by atoms with Gasteiger partial charge in [0, 0.05) is 29.7 Å². The van der Waals surface area contributed by atoms with Gasteiger partial charge < -0.3 is 15.0 Å². The van der Waals surface area contributed by atoms with Crippen LogP contribution in [-0.4, -0.2) is 32.8 Å². The summed E-state index contributed by atoms with van der Waals surface area (Å²) >= 11 is 4.73. The van der Waals surface area contributed by atoms with Crippen LogP contribution in [-0.2, 0) is 17.1 Å². The summed E-state index contributed by atoms with van der Waals surface area (Å²) in [5.41, 5.74) is 7.35. The number of hydrogen-bond donors (Lipinski definition) is 1. The molecule has 0 aliphatic heterocycles. The van der Waals surface area contributed by atoms with E-state index in [1.165, 1.54) is 0 Å². The highest BCUT2D eigenvalue weighted by atomic mass is 32.2. The van der Waals surface area contributed by atoms with Gasteiger partial charge in [0.25, 0.3) is 0 Å². The average molecular weight is 458 g/mol. The largest absolute Gasteiger partial charge is 0.497 e. The second kappa shape index (κ2) is 9.41. The zero-order valence-electron chi connectivity index (χ0n) is 16.1. The minimum Gasteiger partial charge on any atom is -0.497 e. The van der Waals surface area contributed by atoms with Gasteiger partial charge in [-0.25, -0.2) is 4.98 Å². The maximum atomic E-state index is 11.3. The molecule has 10 heteroatoms. The fraction of sp³-hybridized carbons (Fsp3) is 0.200. The lowest BCUT2D eigenvalue weighted by atomic mass is 10.2. The van der Waals surface area contributed by atoms with Crippen LogP contribution in [0, 0.1) is 0 Å². The molecule has 0 spiro atoms. The fourth-order valence-corrected chi connectivity index (χ4v) is 5.30. The van der Waals surface area contributed by atoms with Crippen molar-refractivity contribution in [1.29, 1.82) is 0 Å². The first-order valence-corrected chi connectivity index (χ1v) is 11.9. The summed E-state index contributed by atoms with van der Waals surface area (Å²) in [7, 11) is 1.65. The first-order valence-electron chi connectivity index (χ1n) is 9.11. The Balaban J connectivity index is 1.51. The number of benzene rings is 1. The standard InChI is InChI=1S/C20H19N5O2S3/c1-27-15-5-2-4-13(10-15)19-22-14(11-29-19)12-30-20-24-23-18(16-6-3-9-28-16)25(20)8-7-17(21)26/h2-6,9-11H,7-8,12H2,1H3,(H2,21,26). The van der Waals surface area contributed by atoms with Crippen molar-refractivity contribution >= 4 is 40.3 Å². The van der Waals surface area contributed by atoms with E-state index in [4.69, 9.17) is 15.5 Å². The van der Waals surface area contributed by atoms with E-state index < -0.39 is 0 Å². The number of amides is 1. The van der Waals surface area contributed by atoms with Gasteiger partial charge >= 0.3 is 0 Å². The maximum Gasteiger partial charge on any atom is 0.219 e. The number of thioether (sulfide) groups is 1. The van der Waals surface area contributed by atoms with E-state index in [-0.39, 0.29) is 12.3 Å².